The number of non-ortho nitro benzene ring substituents is 1. The molecule has 2 heterocycles. The molecule has 1 aromatic heterocycles. The van der Waals surface area contributed by atoms with Crippen molar-refractivity contribution in [3.8, 4) is 5.88 Å². The van der Waals surface area contributed by atoms with Crippen molar-refractivity contribution in [2.75, 3.05) is 32.1 Å². The van der Waals surface area contributed by atoms with E-state index in [9.17, 15) is 10.1 Å². The summed E-state index contributed by atoms with van der Waals surface area (Å²) in [4.78, 5) is 23.5. The second-order valence-corrected chi connectivity index (χ2v) is 6.49. The lowest BCUT2D eigenvalue weighted by Crippen LogP contribution is -2.46. The molecule has 26 heavy (non-hydrogen) atoms. The van der Waals surface area contributed by atoms with Gasteiger partial charge in [0.25, 0.3) is 5.69 Å². The van der Waals surface area contributed by atoms with Gasteiger partial charge in [0.15, 0.2) is 0 Å². The highest BCUT2D eigenvalue weighted by Crippen LogP contribution is 2.23. The molecule has 1 atom stereocenters. The van der Waals surface area contributed by atoms with Crippen LogP contribution in [-0.2, 0) is 6.54 Å². The first-order valence-electron chi connectivity index (χ1n) is 8.61. The summed E-state index contributed by atoms with van der Waals surface area (Å²) in [6.45, 7) is 2.57. The Hall–Kier alpha value is -2.74. The molecule has 8 nitrogen and oxygen atoms in total. The average Bonchev–Trinajstić information content (AvgIpc) is 2.68. The van der Waals surface area contributed by atoms with Gasteiger partial charge in [-0.2, -0.15) is 0 Å². The third-order valence-corrected chi connectivity index (χ3v) is 4.75. The van der Waals surface area contributed by atoms with E-state index < -0.39 is 0 Å². The Balaban J connectivity index is 1.67. The monoisotopic (exact) mass is 357 g/mol. The SMILES string of the molecule is COc1cc(N(C)C2CCCN(Cc3cccc([N+](=O)[O-])c3)C2)ncn1. The number of nitro benzene ring substituents is 1. The molecule has 0 N–H and O–H groups in total. The highest BCUT2D eigenvalue weighted by molar-refractivity contribution is 5.41. The molecule has 8 heteroatoms. The quantitative estimate of drug-likeness (QED) is 0.580. The number of likely N-dealkylation sites (N-methyl/N-ethyl adjacent to an activating group) is 1. The molecule has 1 aliphatic rings. The second kappa shape index (κ2) is 8.09. The fraction of sp³-hybridized carbons (Fsp3) is 0.444. The number of hydrogen-bond donors (Lipinski definition) is 0. The van der Waals surface area contributed by atoms with Crippen LogP contribution in [0.25, 0.3) is 0 Å². The summed E-state index contributed by atoms with van der Waals surface area (Å²) in [6.07, 6.45) is 3.66. The fourth-order valence-corrected chi connectivity index (χ4v) is 3.34. The lowest BCUT2D eigenvalue weighted by molar-refractivity contribution is -0.384. The van der Waals surface area contributed by atoms with Gasteiger partial charge in [0.05, 0.1) is 12.0 Å². The summed E-state index contributed by atoms with van der Waals surface area (Å²) in [6, 6.07) is 9.02. The van der Waals surface area contributed by atoms with Crippen molar-refractivity contribution in [2.45, 2.75) is 25.4 Å². The number of rotatable bonds is 6. The highest BCUT2D eigenvalue weighted by Gasteiger charge is 2.24. The fourth-order valence-electron chi connectivity index (χ4n) is 3.34. The van der Waals surface area contributed by atoms with Gasteiger partial charge in [0, 0.05) is 44.4 Å². The first-order valence-corrected chi connectivity index (χ1v) is 8.61. The van der Waals surface area contributed by atoms with Crippen LogP contribution in [0.15, 0.2) is 36.7 Å². The predicted molar refractivity (Wildman–Crippen MR) is 98.4 cm³/mol. The molecule has 0 amide bonds. The molecule has 0 bridgehead atoms. The van der Waals surface area contributed by atoms with Crippen molar-refractivity contribution in [1.82, 2.24) is 14.9 Å². The second-order valence-electron chi connectivity index (χ2n) is 6.49. The van der Waals surface area contributed by atoms with Crippen LogP contribution in [0.3, 0.4) is 0 Å². The van der Waals surface area contributed by atoms with E-state index in [2.05, 4.69) is 19.8 Å². The molecule has 0 aliphatic carbocycles. The van der Waals surface area contributed by atoms with E-state index in [1.807, 2.05) is 19.2 Å². The lowest BCUT2D eigenvalue weighted by atomic mass is 10.0. The van der Waals surface area contributed by atoms with E-state index in [1.54, 1.807) is 19.2 Å². The molecular weight excluding hydrogens is 334 g/mol. The third-order valence-electron chi connectivity index (χ3n) is 4.75. The summed E-state index contributed by atoms with van der Waals surface area (Å²) in [5.41, 5.74) is 1.10. The lowest BCUT2D eigenvalue weighted by Gasteiger charge is -2.38. The van der Waals surface area contributed by atoms with Gasteiger partial charge in [-0.15, -0.1) is 0 Å². The maximum absolute atomic E-state index is 11.0. The molecule has 0 spiro atoms. The van der Waals surface area contributed by atoms with Gasteiger partial charge in [-0.05, 0) is 24.9 Å². The summed E-state index contributed by atoms with van der Waals surface area (Å²) in [5.74, 6) is 1.38. The maximum atomic E-state index is 11.0. The molecule has 1 unspecified atom stereocenters. The van der Waals surface area contributed by atoms with E-state index in [4.69, 9.17) is 4.74 Å². The van der Waals surface area contributed by atoms with E-state index >= 15 is 0 Å². The van der Waals surface area contributed by atoms with Crippen molar-refractivity contribution >= 4 is 11.5 Å². The summed E-state index contributed by atoms with van der Waals surface area (Å²) >= 11 is 0. The van der Waals surface area contributed by atoms with Crippen molar-refractivity contribution in [3.05, 3.63) is 52.3 Å². The van der Waals surface area contributed by atoms with Crippen molar-refractivity contribution in [3.63, 3.8) is 0 Å². The molecular formula is C18H23N5O3. The van der Waals surface area contributed by atoms with Crippen LogP contribution in [0.4, 0.5) is 11.5 Å². The standard InChI is InChI=1S/C18H23N5O3/c1-21(17-10-18(26-2)20-13-19-17)16-7-4-8-22(12-16)11-14-5-3-6-15(9-14)23(24)25/h3,5-6,9-10,13,16H,4,7-8,11-12H2,1-2H3. The molecule has 1 saturated heterocycles. The van der Waals surface area contributed by atoms with Gasteiger partial charge >= 0.3 is 0 Å². The topological polar surface area (TPSA) is 84.6 Å². The molecule has 1 fully saturated rings. The van der Waals surface area contributed by atoms with E-state index in [0.717, 1.165) is 37.3 Å². The number of hydrogen-bond acceptors (Lipinski definition) is 7. The van der Waals surface area contributed by atoms with Gasteiger partial charge in [0.2, 0.25) is 5.88 Å². The molecule has 1 aromatic carbocycles. The van der Waals surface area contributed by atoms with E-state index in [1.165, 1.54) is 12.4 Å². The van der Waals surface area contributed by atoms with Gasteiger partial charge in [-0.3, -0.25) is 15.0 Å². The molecule has 0 radical (unpaired) electrons. The zero-order chi connectivity index (χ0) is 18.5. The van der Waals surface area contributed by atoms with Crippen LogP contribution >= 0.6 is 0 Å². The van der Waals surface area contributed by atoms with Crippen molar-refractivity contribution in [2.24, 2.45) is 0 Å². The third kappa shape index (κ3) is 4.26. The Labute approximate surface area is 152 Å². The van der Waals surface area contributed by atoms with E-state index in [-0.39, 0.29) is 10.6 Å². The average molecular weight is 357 g/mol. The number of anilines is 1. The van der Waals surface area contributed by atoms with Crippen LogP contribution in [0, 0.1) is 10.1 Å². The Kier molecular flexibility index (Phi) is 5.62. The summed E-state index contributed by atoms with van der Waals surface area (Å²) in [7, 11) is 3.62. The Morgan fingerprint density at radius 1 is 1.38 bits per heavy atom. The molecule has 138 valence electrons. The van der Waals surface area contributed by atoms with Gasteiger partial charge in [-0.25, -0.2) is 9.97 Å². The van der Waals surface area contributed by atoms with Crippen LogP contribution in [0.1, 0.15) is 18.4 Å². The first kappa shape index (κ1) is 18.1. The molecule has 0 saturated carbocycles. The van der Waals surface area contributed by atoms with Gasteiger partial charge in [0.1, 0.15) is 12.1 Å². The molecule has 2 aromatic rings. The minimum atomic E-state index is -0.348. The summed E-state index contributed by atoms with van der Waals surface area (Å²) in [5, 5.41) is 11.0. The number of ether oxygens (including phenoxy) is 1. The van der Waals surface area contributed by atoms with Crippen molar-refractivity contribution < 1.29 is 9.66 Å². The first-order chi connectivity index (χ1) is 12.6. The van der Waals surface area contributed by atoms with Gasteiger partial charge < -0.3 is 9.64 Å². The Morgan fingerprint density at radius 2 is 2.23 bits per heavy atom. The number of nitrogens with zero attached hydrogens (tertiary/aromatic N) is 5. The number of aromatic nitrogens is 2. The van der Waals surface area contributed by atoms with Crippen molar-refractivity contribution in [1.29, 1.82) is 0 Å². The Bertz CT molecular complexity index is 770. The summed E-state index contributed by atoms with van der Waals surface area (Å²) < 4.78 is 5.18. The van der Waals surface area contributed by atoms with Crippen LogP contribution in [0.2, 0.25) is 0 Å². The number of piperidine rings is 1. The smallest absolute Gasteiger partial charge is 0.269 e. The van der Waals surface area contributed by atoms with Crippen LogP contribution < -0.4 is 9.64 Å². The Morgan fingerprint density at radius 3 is 3.00 bits per heavy atom. The molecule has 1 aliphatic heterocycles. The predicted octanol–water partition coefficient (Wildman–Crippen LogP) is 2.49. The minimum Gasteiger partial charge on any atom is -0.481 e. The number of benzene rings is 1. The zero-order valence-electron chi connectivity index (χ0n) is 15.0. The normalized spacial score (nSPS) is 17.7. The largest absolute Gasteiger partial charge is 0.481 e. The molecule has 3 rings (SSSR count). The van der Waals surface area contributed by atoms with E-state index in [0.29, 0.717) is 18.5 Å². The number of nitro groups is 1. The van der Waals surface area contributed by atoms with Gasteiger partial charge in [-0.1, -0.05) is 12.1 Å². The maximum Gasteiger partial charge on any atom is 0.269 e. The number of likely N-dealkylation sites (tertiary alicyclic amines) is 1. The minimum absolute atomic E-state index is 0.140. The highest BCUT2D eigenvalue weighted by atomic mass is 16.6. The number of methoxy groups -OCH3 is 1. The van der Waals surface area contributed by atoms with Crippen LogP contribution in [-0.4, -0.2) is 53.1 Å². The zero-order valence-corrected chi connectivity index (χ0v) is 15.0. The van der Waals surface area contributed by atoms with Crippen LogP contribution in [0.5, 0.6) is 5.88 Å².